The monoisotopic (exact) mass is 363 g/mol. The number of carboxylic acid groups (broad SMARTS) is 1. The minimum absolute atomic E-state index is 0.143. The minimum Gasteiger partial charge on any atom is -0.481 e. The molecule has 1 heterocycles. The first-order valence-electron chi connectivity index (χ1n) is 8.35. The van der Waals surface area contributed by atoms with Gasteiger partial charge in [0.1, 0.15) is 12.4 Å². The molecule has 0 aliphatic heterocycles. The van der Waals surface area contributed by atoms with Gasteiger partial charge in [-0.3, -0.25) is 9.59 Å². The van der Waals surface area contributed by atoms with Crippen molar-refractivity contribution in [2.75, 3.05) is 12.8 Å². The van der Waals surface area contributed by atoms with Crippen molar-refractivity contribution in [3.05, 3.63) is 30.1 Å². The molecule has 0 aliphatic carbocycles. The topological polar surface area (TPSA) is 84.2 Å². The molecule has 0 fully saturated rings. The van der Waals surface area contributed by atoms with Crippen LogP contribution in [0.1, 0.15) is 26.1 Å². The van der Waals surface area contributed by atoms with Gasteiger partial charge in [0, 0.05) is 6.54 Å². The second-order valence-electron chi connectivity index (χ2n) is 6.50. The highest BCUT2D eigenvalue weighted by Gasteiger charge is 2.20. The predicted molar refractivity (Wildman–Crippen MR) is 101 cm³/mol. The van der Waals surface area contributed by atoms with Crippen LogP contribution in [0.5, 0.6) is 0 Å². The van der Waals surface area contributed by atoms with E-state index in [1.165, 1.54) is 0 Å². The molecule has 2 rings (SSSR count). The molecule has 2 N–H and O–H groups in total. The highest BCUT2D eigenvalue weighted by atomic mass is 32.2. The molecule has 1 aromatic heterocycles. The molecule has 1 unspecified atom stereocenters. The van der Waals surface area contributed by atoms with E-state index in [-0.39, 0.29) is 24.9 Å². The van der Waals surface area contributed by atoms with Gasteiger partial charge in [-0.05, 0) is 30.7 Å². The summed E-state index contributed by atoms with van der Waals surface area (Å²) in [6, 6.07) is 7.71. The molecule has 136 valence electrons. The van der Waals surface area contributed by atoms with Gasteiger partial charge in [0.05, 0.1) is 22.7 Å². The molecule has 1 amide bonds. The maximum atomic E-state index is 12.4. The van der Waals surface area contributed by atoms with E-state index in [1.807, 2.05) is 48.9 Å². The van der Waals surface area contributed by atoms with E-state index in [0.29, 0.717) is 12.2 Å². The summed E-state index contributed by atoms with van der Waals surface area (Å²) in [6.07, 6.45) is 2.54. The van der Waals surface area contributed by atoms with Gasteiger partial charge in [-0.25, -0.2) is 4.98 Å². The number of para-hydroxylation sites is 2. The Morgan fingerprint density at radius 1 is 1.32 bits per heavy atom. The standard InChI is InChI=1S/C18H25N3O3S/c1-12(2)8-13(18(23)24)9-19-17(22)10-21-15-7-5-4-6-14(15)20-16(21)11-25-3/h4-7,12-13H,8-11H2,1-3H3,(H,19,22)(H,23,24). The number of carbonyl (C=O) groups excluding carboxylic acids is 1. The highest BCUT2D eigenvalue weighted by molar-refractivity contribution is 7.97. The molecular weight excluding hydrogens is 338 g/mol. The second-order valence-corrected chi connectivity index (χ2v) is 7.37. The fourth-order valence-corrected chi connectivity index (χ4v) is 3.30. The smallest absolute Gasteiger partial charge is 0.308 e. The van der Waals surface area contributed by atoms with Crippen LogP contribution in [0, 0.1) is 11.8 Å². The van der Waals surface area contributed by atoms with E-state index in [9.17, 15) is 14.7 Å². The average Bonchev–Trinajstić information content (AvgIpc) is 2.89. The molecule has 0 aliphatic rings. The maximum Gasteiger partial charge on any atom is 0.308 e. The zero-order valence-corrected chi connectivity index (χ0v) is 15.7. The Morgan fingerprint density at radius 3 is 2.68 bits per heavy atom. The third-order valence-electron chi connectivity index (χ3n) is 3.96. The first-order chi connectivity index (χ1) is 11.9. The van der Waals surface area contributed by atoms with Crippen molar-refractivity contribution in [3.63, 3.8) is 0 Å². The lowest BCUT2D eigenvalue weighted by atomic mass is 9.97. The molecule has 0 saturated heterocycles. The highest BCUT2D eigenvalue weighted by Crippen LogP contribution is 2.19. The number of carboxylic acids is 1. The third kappa shape index (κ3) is 5.22. The molecule has 1 aromatic carbocycles. The van der Waals surface area contributed by atoms with Crippen molar-refractivity contribution < 1.29 is 14.7 Å². The Balaban J connectivity index is 2.08. The zero-order valence-electron chi connectivity index (χ0n) is 14.9. The van der Waals surface area contributed by atoms with Gasteiger partial charge in [-0.1, -0.05) is 26.0 Å². The van der Waals surface area contributed by atoms with Crippen molar-refractivity contribution in [1.29, 1.82) is 0 Å². The summed E-state index contributed by atoms with van der Waals surface area (Å²) in [5.74, 6) is 0.206. The Labute approximate surface area is 152 Å². The fraction of sp³-hybridized carbons (Fsp3) is 0.500. The number of carbonyl (C=O) groups is 2. The van der Waals surface area contributed by atoms with Crippen LogP contribution in [0.4, 0.5) is 0 Å². The second kappa shape index (κ2) is 8.89. The van der Waals surface area contributed by atoms with Crippen LogP contribution >= 0.6 is 11.8 Å². The maximum absolute atomic E-state index is 12.4. The van der Waals surface area contributed by atoms with Gasteiger partial charge in [0.25, 0.3) is 0 Å². The predicted octanol–water partition coefficient (Wildman–Crippen LogP) is 2.76. The molecule has 2 aromatic rings. The molecule has 1 atom stereocenters. The number of fused-ring (bicyclic) bond motifs is 1. The number of nitrogens with one attached hydrogen (secondary N) is 1. The summed E-state index contributed by atoms with van der Waals surface area (Å²) in [5.41, 5.74) is 1.78. The van der Waals surface area contributed by atoms with Gasteiger partial charge in [-0.2, -0.15) is 11.8 Å². The molecule has 0 saturated carbocycles. The van der Waals surface area contributed by atoms with E-state index in [0.717, 1.165) is 16.9 Å². The summed E-state index contributed by atoms with van der Waals surface area (Å²) in [6.45, 7) is 4.25. The molecule has 0 bridgehead atoms. The number of rotatable bonds is 9. The quantitative estimate of drug-likeness (QED) is 0.716. The van der Waals surface area contributed by atoms with Gasteiger partial charge in [0.2, 0.25) is 5.91 Å². The first-order valence-corrected chi connectivity index (χ1v) is 9.74. The minimum atomic E-state index is -0.870. The van der Waals surface area contributed by atoms with Crippen molar-refractivity contribution >= 4 is 34.7 Å². The largest absolute Gasteiger partial charge is 0.481 e. The van der Waals surface area contributed by atoms with Crippen LogP contribution in [-0.4, -0.2) is 39.3 Å². The normalized spacial score (nSPS) is 12.5. The number of aromatic nitrogens is 2. The van der Waals surface area contributed by atoms with E-state index in [4.69, 9.17) is 0 Å². The number of hydrogen-bond acceptors (Lipinski definition) is 4. The molecular formula is C18H25N3O3S. The number of nitrogens with zero attached hydrogens (tertiary/aromatic N) is 2. The Hall–Kier alpha value is -2.02. The molecule has 25 heavy (non-hydrogen) atoms. The Kier molecular flexibility index (Phi) is 6.87. The van der Waals surface area contributed by atoms with E-state index in [2.05, 4.69) is 10.3 Å². The number of thioether (sulfide) groups is 1. The van der Waals surface area contributed by atoms with Crippen LogP contribution < -0.4 is 5.32 Å². The van der Waals surface area contributed by atoms with Crippen molar-refractivity contribution in [3.8, 4) is 0 Å². The van der Waals surface area contributed by atoms with Crippen molar-refractivity contribution in [1.82, 2.24) is 14.9 Å². The van der Waals surface area contributed by atoms with Crippen LogP contribution in [0.2, 0.25) is 0 Å². The van der Waals surface area contributed by atoms with Gasteiger partial charge in [0.15, 0.2) is 0 Å². The summed E-state index contributed by atoms with van der Waals surface area (Å²) < 4.78 is 1.90. The van der Waals surface area contributed by atoms with Crippen LogP contribution in [0.15, 0.2) is 24.3 Å². The van der Waals surface area contributed by atoms with Gasteiger partial charge >= 0.3 is 5.97 Å². The van der Waals surface area contributed by atoms with E-state index in [1.54, 1.807) is 11.8 Å². The summed E-state index contributed by atoms with van der Waals surface area (Å²) in [5, 5.41) is 12.0. The average molecular weight is 363 g/mol. The first kappa shape index (κ1) is 19.3. The zero-order chi connectivity index (χ0) is 18.4. The Bertz CT molecular complexity index is 742. The van der Waals surface area contributed by atoms with E-state index < -0.39 is 11.9 Å². The SMILES string of the molecule is CSCc1nc2ccccc2n1CC(=O)NCC(CC(C)C)C(=O)O. The molecule has 6 nitrogen and oxygen atoms in total. The molecule has 0 radical (unpaired) electrons. The lowest BCUT2D eigenvalue weighted by Crippen LogP contribution is -2.35. The molecule has 0 spiro atoms. The Morgan fingerprint density at radius 2 is 2.04 bits per heavy atom. The van der Waals surface area contributed by atoms with E-state index >= 15 is 0 Å². The molecule has 7 heteroatoms. The number of hydrogen-bond donors (Lipinski definition) is 2. The number of benzene rings is 1. The van der Waals surface area contributed by atoms with Crippen molar-refractivity contribution in [2.24, 2.45) is 11.8 Å². The summed E-state index contributed by atoms with van der Waals surface area (Å²) in [7, 11) is 0. The number of imidazole rings is 1. The van der Waals surface area contributed by atoms with Gasteiger partial charge < -0.3 is 15.0 Å². The fourth-order valence-electron chi connectivity index (χ4n) is 2.82. The van der Waals surface area contributed by atoms with Crippen LogP contribution in [0.3, 0.4) is 0 Å². The lowest BCUT2D eigenvalue weighted by molar-refractivity contribution is -0.142. The summed E-state index contributed by atoms with van der Waals surface area (Å²) in [4.78, 5) is 28.3. The van der Waals surface area contributed by atoms with Crippen LogP contribution in [-0.2, 0) is 21.9 Å². The van der Waals surface area contributed by atoms with Crippen LogP contribution in [0.25, 0.3) is 11.0 Å². The number of amides is 1. The third-order valence-corrected chi connectivity index (χ3v) is 4.51. The van der Waals surface area contributed by atoms with Crippen molar-refractivity contribution in [2.45, 2.75) is 32.6 Å². The lowest BCUT2D eigenvalue weighted by Gasteiger charge is -2.16. The number of aliphatic carboxylic acids is 1. The summed E-state index contributed by atoms with van der Waals surface area (Å²) >= 11 is 1.65. The van der Waals surface area contributed by atoms with Gasteiger partial charge in [-0.15, -0.1) is 0 Å².